The van der Waals surface area contributed by atoms with Gasteiger partial charge in [0.1, 0.15) is 0 Å². The van der Waals surface area contributed by atoms with Gasteiger partial charge in [-0.2, -0.15) is 0 Å². The molecule has 1 amide bonds. The van der Waals surface area contributed by atoms with Crippen LogP contribution in [0.5, 0.6) is 0 Å². The monoisotopic (exact) mass is 467 g/mol. The van der Waals surface area contributed by atoms with E-state index in [1.165, 1.54) is 11.1 Å². The summed E-state index contributed by atoms with van der Waals surface area (Å²) in [4.78, 5) is 19.9. The van der Waals surface area contributed by atoms with Crippen LogP contribution in [0, 0.1) is 0 Å². The van der Waals surface area contributed by atoms with E-state index in [-0.39, 0.29) is 35.5 Å². The van der Waals surface area contributed by atoms with Crippen LogP contribution in [0.15, 0.2) is 60.7 Å². The van der Waals surface area contributed by atoms with Crippen molar-refractivity contribution in [2.75, 3.05) is 44.2 Å². The maximum Gasteiger partial charge on any atom is 0.237 e. The summed E-state index contributed by atoms with van der Waals surface area (Å²) in [6, 6.07) is 21.6. The lowest BCUT2D eigenvalue weighted by Gasteiger charge is -2.40. The van der Waals surface area contributed by atoms with E-state index in [1.54, 1.807) is 0 Å². The molecule has 1 saturated carbocycles. The summed E-state index contributed by atoms with van der Waals surface area (Å²) < 4.78 is 24.0. The predicted molar refractivity (Wildman–Crippen MR) is 130 cm³/mol. The number of nitrogens with zero attached hydrogens (tertiary/aromatic N) is 3. The molecule has 3 fully saturated rings. The van der Waals surface area contributed by atoms with Crippen LogP contribution < -0.4 is 0 Å². The van der Waals surface area contributed by atoms with Gasteiger partial charge in [-0.15, -0.1) is 0 Å². The quantitative estimate of drug-likeness (QED) is 0.626. The number of hydrogen-bond acceptors (Lipinski definition) is 5. The first-order chi connectivity index (χ1) is 16.0. The Hall–Kier alpha value is -2.22. The molecule has 2 aromatic carbocycles. The van der Waals surface area contributed by atoms with Gasteiger partial charge in [0.05, 0.1) is 24.1 Å². The van der Waals surface area contributed by atoms with E-state index in [4.69, 9.17) is 0 Å². The number of hydrogen-bond donors (Lipinski definition) is 0. The highest BCUT2D eigenvalue weighted by molar-refractivity contribution is 7.91. The van der Waals surface area contributed by atoms with Crippen molar-refractivity contribution in [3.05, 3.63) is 71.8 Å². The van der Waals surface area contributed by atoms with Gasteiger partial charge in [0, 0.05) is 38.3 Å². The average Bonchev–Trinajstić information content (AvgIpc) is 3.59. The van der Waals surface area contributed by atoms with Crippen molar-refractivity contribution in [2.24, 2.45) is 0 Å². The zero-order valence-corrected chi connectivity index (χ0v) is 19.9. The normalized spacial score (nSPS) is 23.6. The maximum absolute atomic E-state index is 13.2. The third kappa shape index (κ3) is 5.31. The first kappa shape index (κ1) is 22.6. The Bertz CT molecular complexity index is 1010. The van der Waals surface area contributed by atoms with E-state index < -0.39 is 9.84 Å². The minimum absolute atomic E-state index is 0.107. The Kier molecular flexibility index (Phi) is 6.54. The SMILES string of the molecule is O=C(CN1CCN(C(c2ccccc2)c2ccccc2)CC1)N(C1CC1)[C@H]1CCS(=O)(=O)C1. The Balaban J connectivity index is 1.23. The molecule has 2 saturated heterocycles. The first-order valence-electron chi connectivity index (χ1n) is 12.1. The van der Waals surface area contributed by atoms with Gasteiger partial charge in [0.2, 0.25) is 5.91 Å². The Morgan fingerprint density at radius 2 is 1.42 bits per heavy atom. The van der Waals surface area contributed by atoms with E-state index in [0.717, 1.165) is 39.0 Å². The van der Waals surface area contributed by atoms with E-state index in [0.29, 0.717) is 13.0 Å². The smallest absolute Gasteiger partial charge is 0.237 e. The van der Waals surface area contributed by atoms with E-state index >= 15 is 0 Å². The maximum atomic E-state index is 13.2. The van der Waals surface area contributed by atoms with Crippen molar-refractivity contribution in [1.82, 2.24) is 14.7 Å². The van der Waals surface area contributed by atoms with Gasteiger partial charge in [-0.1, -0.05) is 60.7 Å². The average molecular weight is 468 g/mol. The molecule has 176 valence electrons. The van der Waals surface area contributed by atoms with Crippen LogP contribution in [-0.4, -0.2) is 85.3 Å². The number of amides is 1. The molecule has 7 heteroatoms. The van der Waals surface area contributed by atoms with Gasteiger partial charge in [-0.25, -0.2) is 8.42 Å². The molecule has 0 unspecified atom stereocenters. The first-order valence-corrected chi connectivity index (χ1v) is 13.9. The van der Waals surface area contributed by atoms with E-state index in [2.05, 4.69) is 70.5 Å². The van der Waals surface area contributed by atoms with Crippen molar-refractivity contribution in [3.63, 3.8) is 0 Å². The Morgan fingerprint density at radius 3 is 1.91 bits per heavy atom. The van der Waals surface area contributed by atoms with Crippen molar-refractivity contribution in [2.45, 2.75) is 37.4 Å². The highest BCUT2D eigenvalue weighted by atomic mass is 32.2. The lowest BCUT2D eigenvalue weighted by Crippen LogP contribution is -2.52. The van der Waals surface area contributed by atoms with Crippen LogP contribution in [0.2, 0.25) is 0 Å². The molecule has 33 heavy (non-hydrogen) atoms. The highest BCUT2D eigenvalue weighted by Crippen LogP contribution is 2.33. The minimum atomic E-state index is -3.00. The molecule has 5 rings (SSSR count). The van der Waals surface area contributed by atoms with Gasteiger partial charge in [0.15, 0.2) is 9.84 Å². The number of carbonyl (C=O) groups is 1. The van der Waals surface area contributed by atoms with Gasteiger partial charge in [-0.3, -0.25) is 14.6 Å². The summed E-state index contributed by atoms with van der Waals surface area (Å²) in [6.45, 7) is 3.85. The molecule has 0 N–H and O–H groups in total. The largest absolute Gasteiger partial charge is 0.335 e. The van der Waals surface area contributed by atoms with Crippen LogP contribution in [0.25, 0.3) is 0 Å². The highest BCUT2D eigenvalue weighted by Gasteiger charge is 2.42. The van der Waals surface area contributed by atoms with Crippen LogP contribution in [0.3, 0.4) is 0 Å². The summed E-state index contributed by atoms with van der Waals surface area (Å²) >= 11 is 0. The Labute approximate surface area is 197 Å². The molecule has 0 radical (unpaired) electrons. The Morgan fingerprint density at radius 1 is 0.848 bits per heavy atom. The molecule has 1 aliphatic carbocycles. The minimum Gasteiger partial charge on any atom is -0.335 e. The molecular weight excluding hydrogens is 434 g/mol. The van der Waals surface area contributed by atoms with Gasteiger partial charge < -0.3 is 4.90 Å². The lowest BCUT2D eigenvalue weighted by molar-refractivity contribution is -0.135. The van der Waals surface area contributed by atoms with Crippen LogP contribution in [-0.2, 0) is 14.6 Å². The second kappa shape index (κ2) is 9.57. The van der Waals surface area contributed by atoms with Crippen molar-refractivity contribution in [3.8, 4) is 0 Å². The molecular formula is C26H33N3O3S. The lowest BCUT2D eigenvalue weighted by atomic mass is 9.96. The van der Waals surface area contributed by atoms with Gasteiger partial charge >= 0.3 is 0 Å². The fourth-order valence-corrected chi connectivity index (χ4v) is 7.10. The summed E-state index contributed by atoms with van der Waals surface area (Å²) in [5.74, 6) is 0.460. The molecule has 6 nitrogen and oxygen atoms in total. The molecule has 0 aromatic heterocycles. The van der Waals surface area contributed by atoms with Crippen LogP contribution in [0.1, 0.15) is 36.4 Å². The third-order valence-corrected chi connectivity index (χ3v) is 8.94. The summed E-state index contributed by atoms with van der Waals surface area (Å²) in [6.07, 6.45) is 2.60. The van der Waals surface area contributed by atoms with Gasteiger partial charge in [-0.05, 0) is 30.4 Å². The fraction of sp³-hybridized carbons (Fsp3) is 0.500. The predicted octanol–water partition coefficient (Wildman–Crippen LogP) is 2.57. The number of rotatable bonds is 7. The zero-order chi connectivity index (χ0) is 22.8. The van der Waals surface area contributed by atoms with Crippen molar-refractivity contribution in [1.29, 1.82) is 0 Å². The van der Waals surface area contributed by atoms with Crippen molar-refractivity contribution >= 4 is 15.7 Å². The van der Waals surface area contributed by atoms with Gasteiger partial charge in [0.25, 0.3) is 0 Å². The molecule has 2 aromatic rings. The zero-order valence-electron chi connectivity index (χ0n) is 19.1. The van der Waals surface area contributed by atoms with E-state index in [9.17, 15) is 13.2 Å². The molecule has 2 aliphatic heterocycles. The van der Waals surface area contributed by atoms with E-state index in [1.807, 2.05) is 4.90 Å². The summed E-state index contributed by atoms with van der Waals surface area (Å²) in [7, 11) is -3.00. The fourth-order valence-electron chi connectivity index (χ4n) is 5.39. The molecule has 1 atom stereocenters. The molecule has 0 spiro atoms. The summed E-state index contributed by atoms with van der Waals surface area (Å²) in [5.41, 5.74) is 2.58. The number of benzene rings is 2. The molecule has 0 bridgehead atoms. The second-order valence-corrected chi connectivity index (χ2v) is 11.9. The topological polar surface area (TPSA) is 60.9 Å². The number of piperazine rings is 1. The summed E-state index contributed by atoms with van der Waals surface area (Å²) in [5, 5.41) is 0. The standard InChI is InChI=1S/C26H33N3O3S/c30-25(29(23-11-12-23)24-13-18-33(31,32)20-24)19-27-14-16-28(17-15-27)26(21-7-3-1-4-8-21)22-9-5-2-6-10-22/h1-10,23-24,26H,11-20H2/t24-/m0/s1. The number of carbonyl (C=O) groups excluding carboxylic acids is 1. The van der Waals surface area contributed by atoms with Crippen LogP contribution in [0.4, 0.5) is 0 Å². The number of sulfone groups is 1. The molecule has 3 aliphatic rings. The van der Waals surface area contributed by atoms with Crippen molar-refractivity contribution < 1.29 is 13.2 Å². The third-order valence-electron chi connectivity index (χ3n) is 7.19. The second-order valence-electron chi connectivity index (χ2n) is 9.63. The molecule has 2 heterocycles. The van der Waals surface area contributed by atoms with Crippen LogP contribution >= 0.6 is 0 Å².